The minimum Gasteiger partial charge on any atom is -0.457 e. The van der Waals surface area contributed by atoms with Crippen molar-refractivity contribution in [3.05, 3.63) is 52.5 Å². The third-order valence-electron chi connectivity index (χ3n) is 2.34. The van der Waals surface area contributed by atoms with Crippen molar-refractivity contribution in [2.24, 2.45) is 0 Å². The molecule has 0 unspecified atom stereocenters. The molecule has 1 aliphatic rings. The number of hydrogen-bond acceptors (Lipinski definition) is 4. The molecule has 0 bridgehead atoms. The molecule has 0 spiro atoms. The van der Waals surface area contributed by atoms with E-state index in [1.54, 1.807) is 13.0 Å². The lowest BCUT2D eigenvalue weighted by atomic mass is 10.1. The molecule has 1 aliphatic heterocycles. The Morgan fingerprint density at radius 2 is 2.06 bits per heavy atom. The highest BCUT2D eigenvalue weighted by atomic mass is 16.7. The lowest BCUT2D eigenvalue weighted by Crippen LogP contribution is -2.28. The summed E-state index contributed by atoms with van der Waals surface area (Å²) in [6, 6.07) is 6.44. The fourth-order valence-electron chi connectivity index (χ4n) is 1.61. The third-order valence-corrected chi connectivity index (χ3v) is 2.34. The van der Waals surface area contributed by atoms with E-state index in [4.69, 9.17) is 9.47 Å². The van der Waals surface area contributed by atoms with Crippen LogP contribution in [0, 0.1) is 10.1 Å². The molecule has 2 rings (SSSR count). The van der Waals surface area contributed by atoms with Gasteiger partial charge < -0.3 is 9.47 Å². The van der Waals surface area contributed by atoms with Gasteiger partial charge in [-0.2, -0.15) is 0 Å². The summed E-state index contributed by atoms with van der Waals surface area (Å²) in [6.07, 6.45) is 3.40. The lowest BCUT2D eigenvalue weighted by molar-refractivity contribution is -0.384. The van der Waals surface area contributed by atoms with Crippen molar-refractivity contribution < 1.29 is 14.4 Å². The summed E-state index contributed by atoms with van der Waals surface area (Å²) in [6.45, 7) is 1.78. The van der Waals surface area contributed by atoms with Crippen LogP contribution in [0.5, 0.6) is 0 Å². The monoisotopic (exact) mass is 221 g/mol. The van der Waals surface area contributed by atoms with Gasteiger partial charge in [0.25, 0.3) is 11.5 Å². The molecule has 0 saturated carbocycles. The van der Waals surface area contributed by atoms with Gasteiger partial charge in [-0.05, 0) is 5.56 Å². The van der Waals surface area contributed by atoms with E-state index in [9.17, 15) is 10.1 Å². The van der Waals surface area contributed by atoms with E-state index in [1.165, 1.54) is 24.7 Å². The number of rotatable bonds is 3. The van der Waals surface area contributed by atoms with Crippen LogP contribution < -0.4 is 0 Å². The van der Waals surface area contributed by atoms with Crippen molar-refractivity contribution >= 4 is 5.69 Å². The number of ether oxygens (including phenoxy) is 2. The lowest BCUT2D eigenvalue weighted by Gasteiger charge is -2.22. The maximum Gasteiger partial charge on any atom is 0.269 e. The molecule has 0 N–H and O–H groups in total. The van der Waals surface area contributed by atoms with Gasteiger partial charge in [0.15, 0.2) is 0 Å². The molecule has 5 heteroatoms. The molecular formula is C11H11NO4. The Morgan fingerprint density at radius 1 is 1.38 bits per heavy atom. The highest BCUT2D eigenvalue weighted by Gasteiger charge is 2.30. The van der Waals surface area contributed by atoms with Crippen molar-refractivity contribution in [2.45, 2.75) is 19.1 Å². The zero-order valence-corrected chi connectivity index (χ0v) is 8.75. The van der Waals surface area contributed by atoms with Gasteiger partial charge in [0, 0.05) is 25.5 Å². The summed E-state index contributed by atoms with van der Waals surface area (Å²) in [4.78, 5) is 10.2. The molecule has 1 heterocycles. The van der Waals surface area contributed by atoms with Gasteiger partial charge in [-0.15, -0.1) is 0 Å². The Labute approximate surface area is 92.4 Å². The van der Waals surface area contributed by atoms with Crippen LogP contribution >= 0.6 is 0 Å². The summed E-state index contributed by atoms with van der Waals surface area (Å²) >= 11 is 0. The van der Waals surface area contributed by atoms with Crippen LogP contribution in [-0.4, -0.2) is 10.7 Å². The van der Waals surface area contributed by atoms with Crippen molar-refractivity contribution in [2.75, 3.05) is 0 Å². The standard InChI is InChI=1S/C11H11NO4/c1-11(15-5-6-16-11)8-9-3-2-4-10(7-9)12(13)14/h2-7H,8H2,1H3. The normalized spacial score (nSPS) is 16.6. The first-order valence-electron chi connectivity index (χ1n) is 4.83. The van der Waals surface area contributed by atoms with E-state index in [-0.39, 0.29) is 5.69 Å². The van der Waals surface area contributed by atoms with Crippen molar-refractivity contribution in [1.82, 2.24) is 0 Å². The number of benzene rings is 1. The average Bonchev–Trinajstić information content (AvgIpc) is 2.65. The van der Waals surface area contributed by atoms with Crippen molar-refractivity contribution in [3.8, 4) is 0 Å². The molecule has 84 valence electrons. The largest absolute Gasteiger partial charge is 0.457 e. The fraction of sp³-hybridized carbons (Fsp3) is 0.273. The van der Waals surface area contributed by atoms with Crippen LogP contribution in [0.15, 0.2) is 36.8 Å². The highest BCUT2D eigenvalue weighted by molar-refractivity contribution is 5.34. The zero-order valence-electron chi connectivity index (χ0n) is 8.75. The molecule has 0 amide bonds. The minimum atomic E-state index is -0.755. The van der Waals surface area contributed by atoms with Gasteiger partial charge in [0.1, 0.15) is 12.5 Å². The van der Waals surface area contributed by atoms with Crippen LogP contribution in [0.3, 0.4) is 0 Å². The predicted octanol–water partition coefficient (Wildman–Crippen LogP) is 2.37. The first-order valence-corrected chi connectivity index (χ1v) is 4.83. The van der Waals surface area contributed by atoms with E-state index >= 15 is 0 Å². The molecule has 0 fully saturated rings. The maximum atomic E-state index is 10.6. The molecule has 1 aromatic rings. The first kappa shape index (κ1) is 10.5. The Morgan fingerprint density at radius 3 is 2.69 bits per heavy atom. The smallest absolute Gasteiger partial charge is 0.269 e. The van der Waals surface area contributed by atoms with Crippen LogP contribution in [-0.2, 0) is 15.9 Å². The Bertz CT molecular complexity index is 433. The fourth-order valence-corrected chi connectivity index (χ4v) is 1.61. The van der Waals surface area contributed by atoms with Crippen LogP contribution in [0.2, 0.25) is 0 Å². The van der Waals surface area contributed by atoms with E-state index < -0.39 is 10.7 Å². The Balaban J connectivity index is 2.15. The molecule has 0 atom stereocenters. The summed E-state index contributed by atoms with van der Waals surface area (Å²) in [5.41, 5.74) is 0.882. The van der Waals surface area contributed by atoms with Gasteiger partial charge in [0.05, 0.1) is 4.92 Å². The van der Waals surface area contributed by atoms with E-state index in [0.29, 0.717) is 6.42 Å². The van der Waals surface area contributed by atoms with Crippen molar-refractivity contribution in [1.29, 1.82) is 0 Å². The molecule has 5 nitrogen and oxygen atoms in total. The number of hydrogen-bond donors (Lipinski definition) is 0. The Hall–Kier alpha value is -2.04. The van der Waals surface area contributed by atoms with Gasteiger partial charge in [-0.1, -0.05) is 12.1 Å². The first-order chi connectivity index (χ1) is 7.59. The van der Waals surface area contributed by atoms with Crippen LogP contribution in [0.25, 0.3) is 0 Å². The van der Waals surface area contributed by atoms with E-state index in [1.807, 2.05) is 6.07 Å². The second-order valence-electron chi connectivity index (χ2n) is 3.75. The molecule has 0 aliphatic carbocycles. The third kappa shape index (κ3) is 2.13. The minimum absolute atomic E-state index is 0.0760. The molecule has 0 radical (unpaired) electrons. The summed E-state index contributed by atoms with van der Waals surface area (Å²) in [5.74, 6) is -0.755. The summed E-state index contributed by atoms with van der Waals surface area (Å²) in [7, 11) is 0. The quantitative estimate of drug-likeness (QED) is 0.580. The Kier molecular flexibility index (Phi) is 2.52. The highest BCUT2D eigenvalue weighted by Crippen LogP contribution is 2.25. The molecule has 0 aromatic heterocycles. The van der Waals surface area contributed by atoms with Gasteiger partial charge >= 0.3 is 0 Å². The number of nitro benzene ring substituents is 1. The molecular weight excluding hydrogens is 210 g/mol. The number of nitrogens with zero attached hydrogens (tertiary/aromatic N) is 1. The summed E-state index contributed by atoms with van der Waals surface area (Å²) < 4.78 is 10.5. The molecule has 16 heavy (non-hydrogen) atoms. The predicted molar refractivity (Wildman–Crippen MR) is 56.5 cm³/mol. The second-order valence-corrected chi connectivity index (χ2v) is 3.75. The van der Waals surface area contributed by atoms with Crippen LogP contribution in [0.1, 0.15) is 12.5 Å². The van der Waals surface area contributed by atoms with Crippen molar-refractivity contribution in [3.63, 3.8) is 0 Å². The average molecular weight is 221 g/mol. The zero-order chi connectivity index (χ0) is 11.6. The maximum absolute atomic E-state index is 10.6. The SMILES string of the molecule is CC1(Cc2cccc([N+](=O)[O-])c2)OC=CO1. The molecule has 1 aromatic carbocycles. The molecule has 0 saturated heterocycles. The van der Waals surface area contributed by atoms with Gasteiger partial charge in [-0.3, -0.25) is 10.1 Å². The van der Waals surface area contributed by atoms with Gasteiger partial charge in [-0.25, -0.2) is 0 Å². The van der Waals surface area contributed by atoms with Crippen LogP contribution in [0.4, 0.5) is 5.69 Å². The number of non-ortho nitro benzene ring substituents is 1. The number of nitro groups is 1. The van der Waals surface area contributed by atoms with E-state index in [2.05, 4.69) is 0 Å². The van der Waals surface area contributed by atoms with Gasteiger partial charge in [0.2, 0.25) is 0 Å². The summed E-state index contributed by atoms with van der Waals surface area (Å²) in [5, 5.41) is 10.6. The topological polar surface area (TPSA) is 61.6 Å². The second kappa shape index (κ2) is 3.84. The van der Waals surface area contributed by atoms with E-state index in [0.717, 1.165) is 5.56 Å².